The van der Waals surface area contributed by atoms with Crippen molar-refractivity contribution in [3.63, 3.8) is 0 Å². The van der Waals surface area contributed by atoms with Crippen LogP contribution < -0.4 is 0 Å². The van der Waals surface area contributed by atoms with Gasteiger partial charge in [0.2, 0.25) is 9.84 Å². The van der Waals surface area contributed by atoms with E-state index < -0.39 is 43.1 Å². The second-order valence-corrected chi connectivity index (χ2v) is 7.09. The molecule has 0 aliphatic heterocycles. The third kappa shape index (κ3) is 3.84. The minimum Gasteiger partial charge on any atom is -0.219 e. The van der Waals surface area contributed by atoms with Crippen LogP contribution >= 0.6 is 11.6 Å². The summed E-state index contributed by atoms with van der Waals surface area (Å²) >= 11 is 5.59. The molecule has 0 unspecified atom stereocenters. The van der Waals surface area contributed by atoms with Crippen LogP contribution in [0.25, 0.3) is 0 Å². The van der Waals surface area contributed by atoms with Crippen molar-refractivity contribution in [3.05, 3.63) is 58.6 Å². The van der Waals surface area contributed by atoms with E-state index in [9.17, 15) is 34.8 Å². The van der Waals surface area contributed by atoms with Crippen molar-refractivity contribution in [2.45, 2.75) is 22.1 Å². The first-order chi connectivity index (χ1) is 10.8. The lowest BCUT2D eigenvalue weighted by atomic mass is 10.1. The SMILES string of the molecule is O=S(=O)(c1ccc(Cl)cc1)c1cc(C(F)(F)F)cc(C(F)(F)F)c1. The molecule has 0 aromatic heterocycles. The summed E-state index contributed by atoms with van der Waals surface area (Å²) in [5, 5.41) is 0.161. The topological polar surface area (TPSA) is 34.1 Å². The van der Waals surface area contributed by atoms with Crippen molar-refractivity contribution >= 4 is 21.4 Å². The van der Waals surface area contributed by atoms with Gasteiger partial charge in [-0.25, -0.2) is 8.42 Å². The van der Waals surface area contributed by atoms with E-state index in [4.69, 9.17) is 11.6 Å². The monoisotopic (exact) mass is 388 g/mol. The average molecular weight is 389 g/mol. The number of hydrogen-bond acceptors (Lipinski definition) is 2. The molecule has 0 radical (unpaired) electrons. The average Bonchev–Trinajstić information content (AvgIpc) is 2.45. The molecule has 2 aromatic rings. The van der Waals surface area contributed by atoms with Gasteiger partial charge in [0, 0.05) is 5.02 Å². The largest absolute Gasteiger partial charge is 0.416 e. The Hall–Kier alpha value is -1.74. The Morgan fingerprint density at radius 2 is 1.12 bits per heavy atom. The summed E-state index contributed by atoms with van der Waals surface area (Å²) in [4.78, 5) is -1.58. The number of alkyl halides is 6. The zero-order chi connectivity index (χ0) is 18.3. The molecule has 0 N–H and O–H groups in total. The van der Waals surface area contributed by atoms with Gasteiger partial charge < -0.3 is 0 Å². The van der Waals surface area contributed by atoms with Crippen LogP contribution in [0, 0.1) is 0 Å². The van der Waals surface area contributed by atoms with Gasteiger partial charge >= 0.3 is 12.4 Å². The quantitative estimate of drug-likeness (QED) is 0.662. The third-order valence-electron chi connectivity index (χ3n) is 3.00. The Morgan fingerprint density at radius 1 is 0.708 bits per heavy atom. The predicted octanol–water partition coefficient (Wildman–Crippen LogP) is 5.21. The van der Waals surface area contributed by atoms with Gasteiger partial charge in [-0.15, -0.1) is 0 Å². The summed E-state index contributed by atoms with van der Waals surface area (Å²) in [6.07, 6.45) is -10.3. The zero-order valence-electron chi connectivity index (χ0n) is 11.4. The minimum atomic E-state index is -5.13. The highest BCUT2D eigenvalue weighted by Crippen LogP contribution is 2.38. The van der Waals surface area contributed by atoms with Gasteiger partial charge in [-0.2, -0.15) is 26.3 Å². The summed E-state index contributed by atoms with van der Waals surface area (Å²) in [6, 6.07) is 4.50. The molecule has 0 aliphatic rings. The Labute approximate surface area is 137 Å². The molecule has 2 aromatic carbocycles. The van der Waals surface area contributed by atoms with Crippen LogP contribution in [-0.4, -0.2) is 8.42 Å². The maximum atomic E-state index is 12.8. The Bertz CT molecular complexity index is 822. The highest BCUT2D eigenvalue weighted by molar-refractivity contribution is 7.91. The van der Waals surface area contributed by atoms with Crippen LogP contribution in [-0.2, 0) is 22.2 Å². The van der Waals surface area contributed by atoms with Crippen LogP contribution in [0.3, 0.4) is 0 Å². The zero-order valence-corrected chi connectivity index (χ0v) is 13.0. The van der Waals surface area contributed by atoms with E-state index in [1.54, 1.807) is 0 Å². The first-order valence-corrected chi connectivity index (χ1v) is 7.98. The van der Waals surface area contributed by atoms with Crippen LogP contribution in [0.4, 0.5) is 26.3 Å². The molecule has 0 aliphatic carbocycles. The molecule has 0 spiro atoms. The molecule has 10 heteroatoms. The summed E-state index contributed by atoms with van der Waals surface area (Å²) in [6.45, 7) is 0. The highest BCUT2D eigenvalue weighted by Gasteiger charge is 2.38. The fraction of sp³-hybridized carbons (Fsp3) is 0.143. The molecule has 24 heavy (non-hydrogen) atoms. The van der Waals surface area contributed by atoms with E-state index in [0.29, 0.717) is 0 Å². The van der Waals surface area contributed by atoms with E-state index in [1.165, 1.54) is 0 Å². The highest BCUT2D eigenvalue weighted by atomic mass is 35.5. The second kappa shape index (κ2) is 5.96. The number of sulfone groups is 1. The van der Waals surface area contributed by atoms with Gasteiger partial charge in [-0.05, 0) is 42.5 Å². The second-order valence-electron chi connectivity index (χ2n) is 4.70. The Morgan fingerprint density at radius 3 is 1.50 bits per heavy atom. The normalized spacial score (nSPS) is 13.1. The third-order valence-corrected chi connectivity index (χ3v) is 5.00. The van der Waals surface area contributed by atoms with Gasteiger partial charge in [0.25, 0.3) is 0 Å². The van der Waals surface area contributed by atoms with E-state index in [-0.39, 0.29) is 23.2 Å². The predicted molar refractivity (Wildman–Crippen MR) is 73.3 cm³/mol. The number of rotatable bonds is 2. The maximum absolute atomic E-state index is 12.8. The van der Waals surface area contributed by atoms with Gasteiger partial charge in [-0.1, -0.05) is 11.6 Å². The molecular formula is C14H7ClF6O2S. The number of benzene rings is 2. The first kappa shape index (κ1) is 18.6. The van der Waals surface area contributed by atoms with Crippen molar-refractivity contribution in [3.8, 4) is 0 Å². The van der Waals surface area contributed by atoms with Gasteiger partial charge in [-0.3, -0.25) is 0 Å². The molecule has 0 atom stereocenters. The van der Waals surface area contributed by atoms with Crippen molar-refractivity contribution in [2.24, 2.45) is 0 Å². The van der Waals surface area contributed by atoms with E-state index in [2.05, 4.69) is 0 Å². The van der Waals surface area contributed by atoms with E-state index in [1.807, 2.05) is 0 Å². The summed E-state index contributed by atoms with van der Waals surface area (Å²) in [5.74, 6) is 0. The molecular weight excluding hydrogens is 382 g/mol. The summed E-state index contributed by atoms with van der Waals surface area (Å²) in [7, 11) is -4.58. The minimum absolute atomic E-state index is 0.138. The van der Waals surface area contributed by atoms with Crippen LogP contribution in [0.15, 0.2) is 52.3 Å². The first-order valence-electron chi connectivity index (χ1n) is 6.12. The van der Waals surface area contributed by atoms with E-state index in [0.717, 1.165) is 24.3 Å². The van der Waals surface area contributed by atoms with Crippen molar-refractivity contribution in [2.75, 3.05) is 0 Å². The Kier molecular flexibility index (Phi) is 4.62. The molecule has 0 saturated heterocycles. The Balaban J connectivity index is 2.71. The van der Waals surface area contributed by atoms with Crippen molar-refractivity contribution < 1.29 is 34.8 Å². The molecule has 2 rings (SSSR count). The molecule has 130 valence electrons. The van der Waals surface area contributed by atoms with Crippen molar-refractivity contribution in [1.29, 1.82) is 0 Å². The number of hydrogen-bond donors (Lipinski definition) is 0. The van der Waals surface area contributed by atoms with Gasteiger partial charge in [0.15, 0.2) is 0 Å². The molecule has 0 bridgehead atoms. The lowest BCUT2D eigenvalue weighted by Crippen LogP contribution is -2.13. The number of halogens is 7. The maximum Gasteiger partial charge on any atom is 0.416 e. The lowest BCUT2D eigenvalue weighted by Gasteiger charge is -2.14. The standard InChI is InChI=1S/C14H7ClF6O2S/c15-10-1-3-11(4-2-10)24(22,23)12-6-8(13(16,17)18)5-9(7-12)14(19,20)21/h1-7H. The van der Waals surface area contributed by atoms with E-state index >= 15 is 0 Å². The molecule has 0 amide bonds. The molecule has 0 saturated carbocycles. The van der Waals surface area contributed by atoms with Crippen LogP contribution in [0.5, 0.6) is 0 Å². The fourth-order valence-electron chi connectivity index (χ4n) is 1.83. The lowest BCUT2D eigenvalue weighted by molar-refractivity contribution is -0.143. The smallest absolute Gasteiger partial charge is 0.219 e. The van der Waals surface area contributed by atoms with Crippen LogP contribution in [0.1, 0.15) is 11.1 Å². The van der Waals surface area contributed by atoms with Gasteiger partial charge in [0.05, 0.1) is 20.9 Å². The van der Waals surface area contributed by atoms with Gasteiger partial charge in [0.1, 0.15) is 0 Å². The summed E-state index contributed by atoms with van der Waals surface area (Å²) < 4.78 is 101. The summed E-state index contributed by atoms with van der Waals surface area (Å²) in [5.41, 5.74) is -3.41. The van der Waals surface area contributed by atoms with Crippen LogP contribution in [0.2, 0.25) is 5.02 Å². The molecule has 0 heterocycles. The molecule has 0 fully saturated rings. The van der Waals surface area contributed by atoms with Crippen molar-refractivity contribution in [1.82, 2.24) is 0 Å². The molecule has 2 nitrogen and oxygen atoms in total. The fourth-order valence-corrected chi connectivity index (χ4v) is 3.29.